The molecule has 1 aromatic heterocycles. The Morgan fingerprint density at radius 1 is 1.00 bits per heavy atom. The Labute approximate surface area is 146 Å². The fourth-order valence-corrected chi connectivity index (χ4v) is 3.76. The highest BCUT2D eigenvalue weighted by atomic mass is 32.1. The quantitative estimate of drug-likeness (QED) is 0.811. The van der Waals surface area contributed by atoms with Crippen LogP contribution in [0.5, 0.6) is 0 Å². The Morgan fingerprint density at radius 2 is 1.75 bits per heavy atom. The van der Waals surface area contributed by atoms with Gasteiger partial charge in [0, 0.05) is 17.8 Å². The van der Waals surface area contributed by atoms with Crippen molar-refractivity contribution in [1.82, 2.24) is 0 Å². The van der Waals surface area contributed by atoms with Crippen LogP contribution < -0.4 is 10.6 Å². The van der Waals surface area contributed by atoms with E-state index >= 15 is 0 Å². The van der Waals surface area contributed by atoms with E-state index in [1.165, 1.54) is 30.6 Å². The van der Waals surface area contributed by atoms with Gasteiger partial charge in [0.15, 0.2) is 0 Å². The standard InChI is InChI=1S/C19H22N2O2S/c22-18(12-14-6-2-1-3-7-14)20-15-8-4-9-16(13-15)21-19(23)17-10-5-11-24-17/h4-5,8-11,13-14H,1-3,6-7,12H2,(H,20,22)(H,21,23). The Bertz CT molecular complexity index is 691. The van der Waals surface area contributed by atoms with E-state index in [2.05, 4.69) is 10.6 Å². The van der Waals surface area contributed by atoms with E-state index in [-0.39, 0.29) is 11.8 Å². The summed E-state index contributed by atoms with van der Waals surface area (Å²) in [4.78, 5) is 25.0. The molecule has 0 unspecified atom stereocenters. The third-order valence-electron chi connectivity index (χ3n) is 4.35. The summed E-state index contributed by atoms with van der Waals surface area (Å²) < 4.78 is 0. The molecule has 24 heavy (non-hydrogen) atoms. The van der Waals surface area contributed by atoms with Gasteiger partial charge >= 0.3 is 0 Å². The van der Waals surface area contributed by atoms with Crippen LogP contribution in [0.3, 0.4) is 0 Å². The van der Waals surface area contributed by atoms with Crippen molar-refractivity contribution in [3.8, 4) is 0 Å². The van der Waals surface area contributed by atoms with Gasteiger partial charge in [-0.05, 0) is 48.4 Å². The van der Waals surface area contributed by atoms with Gasteiger partial charge in [0.2, 0.25) is 5.91 Å². The molecule has 1 aromatic carbocycles. The molecule has 0 radical (unpaired) electrons. The van der Waals surface area contributed by atoms with Gasteiger partial charge in [0.05, 0.1) is 4.88 Å². The average molecular weight is 342 g/mol. The van der Waals surface area contributed by atoms with Crippen molar-refractivity contribution in [3.05, 3.63) is 46.7 Å². The molecule has 0 saturated heterocycles. The van der Waals surface area contributed by atoms with Gasteiger partial charge in [0.25, 0.3) is 5.91 Å². The zero-order valence-electron chi connectivity index (χ0n) is 13.6. The maximum atomic E-state index is 12.2. The van der Waals surface area contributed by atoms with Crippen LogP contribution in [0.2, 0.25) is 0 Å². The molecule has 0 spiro atoms. The van der Waals surface area contributed by atoms with Gasteiger partial charge in [-0.1, -0.05) is 31.4 Å². The van der Waals surface area contributed by atoms with Crippen LogP contribution in [0.4, 0.5) is 11.4 Å². The van der Waals surface area contributed by atoms with Crippen LogP contribution >= 0.6 is 11.3 Å². The summed E-state index contributed by atoms with van der Waals surface area (Å²) >= 11 is 1.40. The molecule has 1 aliphatic rings. The molecule has 5 heteroatoms. The molecule has 0 bridgehead atoms. The summed E-state index contributed by atoms with van der Waals surface area (Å²) in [6.07, 6.45) is 6.68. The highest BCUT2D eigenvalue weighted by molar-refractivity contribution is 7.12. The Hall–Kier alpha value is -2.14. The molecule has 126 valence electrons. The highest BCUT2D eigenvalue weighted by Crippen LogP contribution is 2.27. The van der Waals surface area contributed by atoms with Crippen LogP contribution in [0.1, 0.15) is 48.2 Å². The molecule has 1 aliphatic carbocycles. The fraction of sp³-hybridized carbons (Fsp3) is 0.368. The van der Waals surface area contributed by atoms with Gasteiger partial charge < -0.3 is 10.6 Å². The molecule has 0 atom stereocenters. The lowest BCUT2D eigenvalue weighted by molar-refractivity contribution is -0.117. The third kappa shape index (κ3) is 4.68. The topological polar surface area (TPSA) is 58.2 Å². The smallest absolute Gasteiger partial charge is 0.265 e. The predicted molar refractivity (Wildman–Crippen MR) is 98.5 cm³/mol. The van der Waals surface area contributed by atoms with Crippen LogP contribution in [-0.2, 0) is 4.79 Å². The Kier molecular flexibility index (Phi) is 5.64. The van der Waals surface area contributed by atoms with Crippen molar-refractivity contribution < 1.29 is 9.59 Å². The zero-order valence-corrected chi connectivity index (χ0v) is 14.4. The van der Waals surface area contributed by atoms with E-state index in [1.54, 1.807) is 12.1 Å². The summed E-state index contributed by atoms with van der Waals surface area (Å²) in [5, 5.41) is 7.68. The summed E-state index contributed by atoms with van der Waals surface area (Å²) in [7, 11) is 0. The van der Waals surface area contributed by atoms with Crippen molar-refractivity contribution in [3.63, 3.8) is 0 Å². The normalized spacial score (nSPS) is 15.0. The van der Waals surface area contributed by atoms with Gasteiger partial charge in [0.1, 0.15) is 0 Å². The van der Waals surface area contributed by atoms with E-state index in [9.17, 15) is 9.59 Å². The van der Waals surface area contributed by atoms with Crippen LogP contribution in [0, 0.1) is 5.92 Å². The minimum atomic E-state index is -0.129. The lowest BCUT2D eigenvalue weighted by Crippen LogP contribution is -2.18. The van der Waals surface area contributed by atoms with E-state index in [1.807, 2.05) is 29.6 Å². The third-order valence-corrected chi connectivity index (χ3v) is 5.22. The molecule has 0 aliphatic heterocycles. The van der Waals surface area contributed by atoms with Crippen molar-refractivity contribution in [2.45, 2.75) is 38.5 Å². The fourth-order valence-electron chi connectivity index (χ4n) is 3.14. The summed E-state index contributed by atoms with van der Waals surface area (Å²) in [5.74, 6) is 0.444. The largest absolute Gasteiger partial charge is 0.326 e. The Balaban J connectivity index is 1.56. The summed E-state index contributed by atoms with van der Waals surface area (Å²) in [5.41, 5.74) is 1.41. The molecule has 4 nitrogen and oxygen atoms in total. The molecule has 2 N–H and O–H groups in total. The number of rotatable bonds is 5. The minimum Gasteiger partial charge on any atom is -0.326 e. The van der Waals surface area contributed by atoms with Crippen molar-refractivity contribution in [2.75, 3.05) is 10.6 Å². The first-order chi connectivity index (χ1) is 11.7. The average Bonchev–Trinajstić information content (AvgIpc) is 3.10. The first-order valence-corrected chi connectivity index (χ1v) is 9.33. The van der Waals surface area contributed by atoms with Gasteiger partial charge in [-0.3, -0.25) is 9.59 Å². The number of benzene rings is 1. The summed E-state index contributed by atoms with van der Waals surface area (Å²) in [6.45, 7) is 0. The highest BCUT2D eigenvalue weighted by Gasteiger charge is 2.17. The maximum Gasteiger partial charge on any atom is 0.265 e. The number of nitrogens with one attached hydrogen (secondary N) is 2. The molecular formula is C19H22N2O2S. The predicted octanol–water partition coefficient (Wildman–Crippen LogP) is 4.91. The zero-order chi connectivity index (χ0) is 16.8. The second-order valence-corrected chi connectivity index (χ2v) is 7.22. The van der Waals surface area contributed by atoms with Crippen LogP contribution in [0.15, 0.2) is 41.8 Å². The molecule has 3 rings (SSSR count). The van der Waals surface area contributed by atoms with Gasteiger partial charge in [-0.2, -0.15) is 0 Å². The van der Waals surface area contributed by atoms with Gasteiger partial charge in [-0.15, -0.1) is 11.3 Å². The second-order valence-electron chi connectivity index (χ2n) is 6.27. The number of hydrogen-bond donors (Lipinski definition) is 2. The molecular weight excluding hydrogens is 320 g/mol. The van der Waals surface area contributed by atoms with Crippen molar-refractivity contribution >= 4 is 34.5 Å². The van der Waals surface area contributed by atoms with Crippen molar-refractivity contribution in [2.24, 2.45) is 5.92 Å². The number of anilines is 2. The molecule has 1 heterocycles. The van der Waals surface area contributed by atoms with Crippen LogP contribution in [-0.4, -0.2) is 11.8 Å². The maximum absolute atomic E-state index is 12.2. The number of thiophene rings is 1. The Morgan fingerprint density at radius 3 is 2.46 bits per heavy atom. The minimum absolute atomic E-state index is 0.0589. The molecule has 2 amide bonds. The second kappa shape index (κ2) is 8.11. The van der Waals surface area contributed by atoms with E-state index in [0.717, 1.165) is 18.5 Å². The number of carbonyl (C=O) groups is 2. The van der Waals surface area contributed by atoms with Crippen LogP contribution in [0.25, 0.3) is 0 Å². The lowest BCUT2D eigenvalue weighted by atomic mass is 9.87. The van der Waals surface area contributed by atoms with Gasteiger partial charge in [-0.25, -0.2) is 0 Å². The lowest BCUT2D eigenvalue weighted by Gasteiger charge is -2.20. The number of amides is 2. The van der Waals surface area contributed by atoms with E-state index in [0.29, 0.717) is 22.9 Å². The molecule has 2 aromatic rings. The number of carbonyl (C=O) groups excluding carboxylic acids is 2. The number of hydrogen-bond acceptors (Lipinski definition) is 3. The molecule has 1 saturated carbocycles. The first kappa shape index (κ1) is 16.7. The first-order valence-electron chi connectivity index (χ1n) is 8.45. The monoisotopic (exact) mass is 342 g/mol. The SMILES string of the molecule is O=C(CC1CCCCC1)Nc1cccc(NC(=O)c2cccs2)c1. The van der Waals surface area contributed by atoms with Crippen molar-refractivity contribution in [1.29, 1.82) is 0 Å². The van der Waals surface area contributed by atoms with E-state index in [4.69, 9.17) is 0 Å². The summed E-state index contributed by atoms with van der Waals surface area (Å²) in [6, 6.07) is 10.9. The van der Waals surface area contributed by atoms with E-state index < -0.39 is 0 Å². The molecule has 1 fully saturated rings.